The molecule has 0 unspecified atom stereocenters. The number of rotatable bonds is 5. The van der Waals surface area contributed by atoms with Gasteiger partial charge in [-0.1, -0.05) is 36.4 Å². The molecule has 3 aromatic carbocycles. The Bertz CT molecular complexity index is 1180. The van der Waals surface area contributed by atoms with Crippen molar-refractivity contribution in [3.05, 3.63) is 72.4 Å². The zero-order valence-corrected chi connectivity index (χ0v) is 16.8. The van der Waals surface area contributed by atoms with Crippen molar-refractivity contribution < 1.29 is 14.6 Å². The lowest BCUT2D eigenvalue weighted by molar-refractivity contribution is -0.112. The molecule has 7 nitrogen and oxygen atoms in total. The van der Waals surface area contributed by atoms with Gasteiger partial charge in [0.05, 0.1) is 24.6 Å². The highest BCUT2D eigenvalue weighted by molar-refractivity contribution is 6.11. The minimum Gasteiger partial charge on any atom is -0.507 e. The molecule has 4 rings (SSSR count). The van der Waals surface area contributed by atoms with Crippen LogP contribution in [0.5, 0.6) is 5.75 Å². The highest BCUT2D eigenvalue weighted by Gasteiger charge is 2.15. The average Bonchev–Trinajstić information content (AvgIpc) is 2.81. The number of benzene rings is 3. The van der Waals surface area contributed by atoms with Crippen LogP contribution in [0.3, 0.4) is 0 Å². The van der Waals surface area contributed by atoms with Gasteiger partial charge in [0, 0.05) is 35.7 Å². The van der Waals surface area contributed by atoms with Crippen LogP contribution in [0, 0.1) is 11.3 Å². The number of hydrogen-bond donors (Lipinski definition) is 3. The third-order valence-electron chi connectivity index (χ3n) is 5.14. The maximum Gasteiger partial charge on any atom is 0.267 e. The largest absolute Gasteiger partial charge is 0.507 e. The Labute approximate surface area is 180 Å². The number of aromatic hydroxyl groups is 1. The fourth-order valence-electron chi connectivity index (χ4n) is 3.57. The zero-order chi connectivity index (χ0) is 21.6. The number of nitrogens with one attached hydrogen (secondary N) is 2. The predicted octanol–water partition coefficient (Wildman–Crippen LogP) is 3.84. The highest BCUT2D eigenvalue weighted by atomic mass is 16.5. The molecule has 3 N–H and O–H groups in total. The van der Waals surface area contributed by atoms with Crippen LogP contribution in [-0.4, -0.2) is 37.3 Å². The van der Waals surface area contributed by atoms with Crippen LogP contribution in [0.2, 0.25) is 0 Å². The van der Waals surface area contributed by atoms with E-state index in [0.29, 0.717) is 29.7 Å². The Morgan fingerprint density at radius 2 is 1.71 bits per heavy atom. The van der Waals surface area contributed by atoms with Gasteiger partial charge in [-0.2, -0.15) is 5.26 Å². The van der Waals surface area contributed by atoms with Gasteiger partial charge in [-0.15, -0.1) is 0 Å². The number of ether oxygens (including phenoxy) is 1. The van der Waals surface area contributed by atoms with Gasteiger partial charge in [0.15, 0.2) is 0 Å². The van der Waals surface area contributed by atoms with Crippen LogP contribution < -0.4 is 15.5 Å². The standard InChI is InChI=1S/C24H22N4O3/c25-15-17(16-26-21-7-1-2-9-22(21)28-11-13-31-14-12-28)24(30)27-20-8-3-6-19-18(20)5-4-10-23(19)29/h1-10,16,26,29H,11-14H2,(H,27,30)/b17-16-. The number of hydrogen-bond acceptors (Lipinski definition) is 6. The van der Waals surface area contributed by atoms with E-state index in [1.165, 1.54) is 6.20 Å². The molecule has 31 heavy (non-hydrogen) atoms. The second-order valence-electron chi connectivity index (χ2n) is 7.06. The number of nitrogens with zero attached hydrogens (tertiary/aromatic N) is 2. The van der Waals surface area contributed by atoms with Gasteiger partial charge >= 0.3 is 0 Å². The van der Waals surface area contributed by atoms with Crippen molar-refractivity contribution in [3.8, 4) is 11.8 Å². The fourth-order valence-corrected chi connectivity index (χ4v) is 3.57. The van der Waals surface area contributed by atoms with Crippen molar-refractivity contribution in [2.45, 2.75) is 0 Å². The SMILES string of the molecule is N#C/C(=C/Nc1ccccc1N1CCOCC1)C(=O)Nc1cccc2c(O)cccc12. The summed E-state index contributed by atoms with van der Waals surface area (Å²) in [7, 11) is 0. The van der Waals surface area contributed by atoms with E-state index in [0.717, 1.165) is 24.5 Å². The summed E-state index contributed by atoms with van der Waals surface area (Å²) in [4.78, 5) is 15.0. The van der Waals surface area contributed by atoms with Gasteiger partial charge < -0.3 is 25.4 Å². The molecule has 1 aliphatic heterocycles. The minimum atomic E-state index is -0.533. The van der Waals surface area contributed by atoms with Gasteiger partial charge in [0.25, 0.3) is 5.91 Å². The van der Waals surface area contributed by atoms with E-state index in [1.54, 1.807) is 36.4 Å². The van der Waals surface area contributed by atoms with Crippen molar-refractivity contribution in [1.82, 2.24) is 0 Å². The minimum absolute atomic E-state index is 0.0612. The summed E-state index contributed by atoms with van der Waals surface area (Å²) in [6, 6.07) is 20.0. The van der Waals surface area contributed by atoms with E-state index in [9.17, 15) is 15.2 Å². The van der Waals surface area contributed by atoms with Crippen LogP contribution in [0.25, 0.3) is 10.8 Å². The van der Waals surface area contributed by atoms with E-state index in [4.69, 9.17) is 4.74 Å². The second kappa shape index (κ2) is 9.20. The molecule has 0 saturated carbocycles. The average molecular weight is 414 g/mol. The molecule has 1 aliphatic rings. The molecular formula is C24H22N4O3. The first-order valence-electron chi connectivity index (χ1n) is 9.98. The lowest BCUT2D eigenvalue weighted by atomic mass is 10.1. The molecule has 1 saturated heterocycles. The topological polar surface area (TPSA) is 97.6 Å². The molecule has 0 bridgehead atoms. The van der Waals surface area contributed by atoms with E-state index in [2.05, 4.69) is 15.5 Å². The van der Waals surface area contributed by atoms with Gasteiger partial charge in [-0.05, 0) is 24.3 Å². The van der Waals surface area contributed by atoms with Crippen LogP contribution in [-0.2, 0) is 9.53 Å². The monoisotopic (exact) mass is 414 g/mol. The molecule has 0 aromatic heterocycles. The lowest BCUT2D eigenvalue weighted by Crippen LogP contribution is -2.36. The fraction of sp³-hybridized carbons (Fsp3) is 0.167. The molecule has 7 heteroatoms. The predicted molar refractivity (Wildman–Crippen MR) is 121 cm³/mol. The second-order valence-corrected chi connectivity index (χ2v) is 7.06. The van der Waals surface area contributed by atoms with Gasteiger partial charge in [-0.3, -0.25) is 4.79 Å². The van der Waals surface area contributed by atoms with Gasteiger partial charge in [0.2, 0.25) is 0 Å². The van der Waals surface area contributed by atoms with E-state index in [1.807, 2.05) is 30.3 Å². The number of anilines is 3. The van der Waals surface area contributed by atoms with E-state index in [-0.39, 0.29) is 11.3 Å². The van der Waals surface area contributed by atoms with Crippen molar-refractivity contribution in [2.75, 3.05) is 41.8 Å². The summed E-state index contributed by atoms with van der Waals surface area (Å²) in [5.41, 5.74) is 2.26. The summed E-state index contributed by atoms with van der Waals surface area (Å²) in [5.74, 6) is -0.402. The van der Waals surface area contributed by atoms with Crippen LogP contribution in [0.15, 0.2) is 72.4 Å². The third kappa shape index (κ3) is 4.44. The number of morpholine rings is 1. The molecule has 156 valence electrons. The van der Waals surface area contributed by atoms with Crippen molar-refractivity contribution >= 4 is 33.7 Å². The molecular weight excluding hydrogens is 392 g/mol. The molecule has 3 aromatic rings. The normalized spacial score (nSPS) is 14.2. The van der Waals surface area contributed by atoms with Crippen LogP contribution >= 0.6 is 0 Å². The zero-order valence-electron chi connectivity index (χ0n) is 16.8. The highest BCUT2D eigenvalue weighted by Crippen LogP contribution is 2.30. The number of para-hydroxylation sites is 2. The Morgan fingerprint density at radius 1 is 1.00 bits per heavy atom. The van der Waals surface area contributed by atoms with Crippen molar-refractivity contribution in [2.24, 2.45) is 0 Å². The maximum absolute atomic E-state index is 12.7. The Morgan fingerprint density at radius 3 is 2.52 bits per heavy atom. The third-order valence-corrected chi connectivity index (χ3v) is 5.14. The lowest BCUT2D eigenvalue weighted by Gasteiger charge is -2.30. The quantitative estimate of drug-likeness (QED) is 0.434. The van der Waals surface area contributed by atoms with Gasteiger partial charge in [0.1, 0.15) is 17.4 Å². The number of carbonyl (C=O) groups excluding carboxylic acids is 1. The smallest absolute Gasteiger partial charge is 0.267 e. The number of fused-ring (bicyclic) bond motifs is 1. The summed E-state index contributed by atoms with van der Waals surface area (Å²) < 4.78 is 5.42. The Kier molecular flexibility index (Phi) is 6.01. The first kappa shape index (κ1) is 20.3. The first-order chi connectivity index (χ1) is 15.2. The molecule has 0 aliphatic carbocycles. The maximum atomic E-state index is 12.7. The number of nitriles is 1. The summed E-state index contributed by atoms with van der Waals surface area (Å²) >= 11 is 0. The number of phenolic OH excluding ortho intramolecular Hbond substituents is 1. The molecule has 0 spiro atoms. The first-order valence-corrected chi connectivity index (χ1v) is 9.98. The molecule has 1 amide bonds. The van der Waals surface area contributed by atoms with Crippen molar-refractivity contribution in [1.29, 1.82) is 5.26 Å². The number of carbonyl (C=O) groups is 1. The van der Waals surface area contributed by atoms with Crippen molar-refractivity contribution in [3.63, 3.8) is 0 Å². The van der Waals surface area contributed by atoms with E-state index < -0.39 is 5.91 Å². The molecule has 0 atom stereocenters. The Hall–Kier alpha value is -4.02. The van der Waals surface area contributed by atoms with E-state index >= 15 is 0 Å². The van der Waals surface area contributed by atoms with Crippen LogP contribution in [0.4, 0.5) is 17.1 Å². The summed E-state index contributed by atoms with van der Waals surface area (Å²) in [5, 5.41) is 26.8. The number of phenols is 1. The Balaban J connectivity index is 1.54. The summed E-state index contributed by atoms with van der Waals surface area (Å²) in [6.07, 6.45) is 1.41. The summed E-state index contributed by atoms with van der Waals surface area (Å²) in [6.45, 7) is 2.89. The van der Waals surface area contributed by atoms with Crippen LogP contribution in [0.1, 0.15) is 0 Å². The molecule has 1 fully saturated rings. The number of amides is 1. The molecule has 0 radical (unpaired) electrons. The van der Waals surface area contributed by atoms with Gasteiger partial charge in [-0.25, -0.2) is 0 Å². The molecule has 1 heterocycles.